The lowest BCUT2D eigenvalue weighted by atomic mass is 10.0. The Bertz CT molecular complexity index is 886. The summed E-state index contributed by atoms with van der Waals surface area (Å²) in [5.41, 5.74) is 1.20. The highest BCUT2D eigenvalue weighted by Crippen LogP contribution is 2.17. The zero-order valence-corrected chi connectivity index (χ0v) is 17.2. The van der Waals surface area contributed by atoms with Crippen LogP contribution in [-0.4, -0.2) is 35.4 Å². The second-order valence-electron chi connectivity index (χ2n) is 5.79. The van der Waals surface area contributed by atoms with Crippen LogP contribution in [0.5, 0.6) is 5.75 Å². The van der Waals surface area contributed by atoms with Crippen molar-refractivity contribution in [2.45, 2.75) is 26.8 Å². The minimum absolute atomic E-state index is 0.00148. The van der Waals surface area contributed by atoms with Crippen LogP contribution in [-0.2, 0) is 17.7 Å². The fourth-order valence-corrected chi connectivity index (χ4v) is 3.12. The minimum Gasteiger partial charge on any atom is -0.497 e. The Labute approximate surface area is 166 Å². The van der Waals surface area contributed by atoms with E-state index in [1.165, 1.54) is 10.6 Å². The molecule has 0 aliphatic heterocycles. The molecule has 0 aliphatic rings. The molecule has 0 unspecified atom stereocenters. The normalized spacial score (nSPS) is 10.5. The number of rotatable bonds is 8. The molecular weight excluding hydrogens is 414 g/mol. The molecule has 0 saturated carbocycles. The summed E-state index contributed by atoms with van der Waals surface area (Å²) >= 11 is 3.09. The molecule has 7 heteroatoms. The van der Waals surface area contributed by atoms with Gasteiger partial charge in [0.25, 0.3) is 5.56 Å². The van der Waals surface area contributed by atoms with E-state index in [0.717, 1.165) is 5.56 Å². The summed E-state index contributed by atoms with van der Waals surface area (Å²) in [6, 6.07) is 8.63. The fourth-order valence-electron chi connectivity index (χ4n) is 2.82. The van der Waals surface area contributed by atoms with Gasteiger partial charge in [0.05, 0.1) is 36.7 Å². The highest BCUT2D eigenvalue weighted by molar-refractivity contribution is 9.09. The van der Waals surface area contributed by atoms with Crippen molar-refractivity contribution >= 4 is 27.7 Å². The number of aromatic nitrogens is 1. The third kappa shape index (κ3) is 4.66. The number of methoxy groups -OCH3 is 1. The van der Waals surface area contributed by atoms with E-state index < -0.39 is 11.5 Å². The van der Waals surface area contributed by atoms with Gasteiger partial charge in [0, 0.05) is 5.69 Å². The average molecular weight is 436 g/mol. The number of benzene rings is 1. The number of ketones is 1. The lowest BCUT2D eigenvalue weighted by molar-refractivity contribution is 0.0523. The molecule has 1 heterocycles. The summed E-state index contributed by atoms with van der Waals surface area (Å²) in [6.45, 7) is 4.01. The van der Waals surface area contributed by atoms with Crippen LogP contribution in [0, 0.1) is 0 Å². The maximum absolute atomic E-state index is 13.0. The number of hydrogen-bond donors (Lipinski definition) is 0. The molecule has 0 fully saturated rings. The summed E-state index contributed by atoms with van der Waals surface area (Å²) in [6.07, 6.45) is 0.447. The van der Waals surface area contributed by atoms with E-state index in [2.05, 4.69) is 15.9 Å². The van der Waals surface area contributed by atoms with Crippen LogP contribution in [0.3, 0.4) is 0 Å². The summed E-state index contributed by atoms with van der Waals surface area (Å²) in [4.78, 5) is 37.6. The van der Waals surface area contributed by atoms with Gasteiger partial charge in [0.2, 0.25) is 0 Å². The van der Waals surface area contributed by atoms with E-state index in [0.29, 0.717) is 17.9 Å². The molecule has 27 heavy (non-hydrogen) atoms. The number of Topliss-reactive ketones (excluding diaryl/α,β-unsaturated/α-hetero) is 1. The largest absolute Gasteiger partial charge is 0.497 e. The highest BCUT2D eigenvalue weighted by atomic mass is 79.9. The number of alkyl halides is 1. The summed E-state index contributed by atoms with van der Waals surface area (Å²) < 4.78 is 11.7. The lowest BCUT2D eigenvalue weighted by Crippen LogP contribution is -2.32. The summed E-state index contributed by atoms with van der Waals surface area (Å²) in [5, 5.41) is -0.00148. The van der Waals surface area contributed by atoms with Crippen molar-refractivity contribution in [3.8, 4) is 5.75 Å². The van der Waals surface area contributed by atoms with Gasteiger partial charge in [-0.25, -0.2) is 4.79 Å². The predicted molar refractivity (Wildman–Crippen MR) is 106 cm³/mol. The predicted octanol–water partition coefficient (Wildman–Crippen LogP) is 3.22. The number of halogens is 1. The maximum Gasteiger partial charge on any atom is 0.339 e. The number of hydrogen-bond acceptors (Lipinski definition) is 5. The monoisotopic (exact) mass is 435 g/mol. The van der Waals surface area contributed by atoms with E-state index in [1.807, 2.05) is 19.1 Å². The van der Waals surface area contributed by atoms with Crippen molar-refractivity contribution in [1.82, 2.24) is 4.57 Å². The molecule has 0 spiro atoms. The van der Waals surface area contributed by atoms with Gasteiger partial charge in [0.15, 0.2) is 5.78 Å². The first-order chi connectivity index (χ1) is 13.0. The van der Waals surface area contributed by atoms with Gasteiger partial charge < -0.3 is 14.0 Å². The molecule has 1 aromatic carbocycles. The molecule has 0 atom stereocenters. The highest BCUT2D eigenvalue weighted by Gasteiger charge is 2.22. The van der Waals surface area contributed by atoms with Crippen LogP contribution in [0.25, 0.3) is 0 Å². The molecule has 0 N–H and O–H groups in total. The first kappa shape index (κ1) is 20.9. The maximum atomic E-state index is 13.0. The molecule has 144 valence electrons. The molecule has 0 aliphatic carbocycles. The van der Waals surface area contributed by atoms with Gasteiger partial charge in [-0.1, -0.05) is 35.0 Å². The number of ether oxygens (including phenoxy) is 2. The molecule has 2 aromatic rings. The number of nitrogens with zero attached hydrogens (tertiary/aromatic N) is 1. The Morgan fingerprint density at radius 2 is 1.78 bits per heavy atom. The van der Waals surface area contributed by atoms with Crippen molar-refractivity contribution in [2.75, 3.05) is 19.0 Å². The number of pyridine rings is 1. The third-order valence-corrected chi connectivity index (χ3v) is 4.66. The van der Waals surface area contributed by atoms with Crippen LogP contribution in [0.4, 0.5) is 0 Å². The van der Waals surface area contributed by atoms with Gasteiger partial charge in [-0.05, 0) is 37.1 Å². The fraction of sp³-hybridized carbons (Fsp3) is 0.350. The topological polar surface area (TPSA) is 74.6 Å². The first-order valence-corrected chi connectivity index (χ1v) is 9.74. The van der Waals surface area contributed by atoms with Crippen LogP contribution >= 0.6 is 15.9 Å². The third-order valence-electron chi connectivity index (χ3n) is 4.15. The van der Waals surface area contributed by atoms with Gasteiger partial charge >= 0.3 is 5.97 Å². The van der Waals surface area contributed by atoms with Crippen molar-refractivity contribution in [2.24, 2.45) is 0 Å². The zero-order valence-electron chi connectivity index (χ0n) is 15.6. The molecule has 1 aromatic heterocycles. The lowest BCUT2D eigenvalue weighted by Gasteiger charge is -2.17. The van der Waals surface area contributed by atoms with Gasteiger partial charge in [0.1, 0.15) is 5.75 Å². The second-order valence-corrected chi connectivity index (χ2v) is 6.35. The Hall–Kier alpha value is -2.41. The number of carbonyl (C=O) groups is 2. The van der Waals surface area contributed by atoms with Crippen LogP contribution in [0.15, 0.2) is 35.1 Å². The molecule has 0 saturated heterocycles. The molecule has 0 bridgehead atoms. The van der Waals surface area contributed by atoms with Gasteiger partial charge in [-0.2, -0.15) is 0 Å². The van der Waals surface area contributed by atoms with E-state index in [-0.39, 0.29) is 35.4 Å². The van der Waals surface area contributed by atoms with Crippen LogP contribution in [0.2, 0.25) is 0 Å². The molecule has 6 nitrogen and oxygen atoms in total. The van der Waals surface area contributed by atoms with Crippen LogP contribution in [0.1, 0.15) is 45.8 Å². The van der Waals surface area contributed by atoms with E-state index in [9.17, 15) is 14.4 Å². The van der Waals surface area contributed by atoms with Crippen molar-refractivity contribution in [3.05, 3.63) is 63.1 Å². The van der Waals surface area contributed by atoms with Crippen molar-refractivity contribution in [1.29, 1.82) is 0 Å². The first-order valence-electron chi connectivity index (χ1n) is 8.62. The Morgan fingerprint density at radius 1 is 1.11 bits per heavy atom. The Kier molecular flexibility index (Phi) is 7.36. The van der Waals surface area contributed by atoms with Crippen molar-refractivity contribution < 1.29 is 19.1 Å². The Balaban J connectivity index is 2.64. The SMILES string of the molecule is CCOC(=O)c1cc(C(=O)CBr)c(=O)n(Cc2ccc(OC)cc2)c1CC. The smallest absolute Gasteiger partial charge is 0.339 e. The minimum atomic E-state index is -0.540. The second kappa shape index (κ2) is 9.50. The van der Waals surface area contributed by atoms with Gasteiger partial charge in [-0.3, -0.25) is 9.59 Å². The van der Waals surface area contributed by atoms with E-state index in [4.69, 9.17) is 9.47 Å². The van der Waals surface area contributed by atoms with E-state index in [1.54, 1.807) is 26.2 Å². The van der Waals surface area contributed by atoms with Gasteiger partial charge in [-0.15, -0.1) is 0 Å². The summed E-state index contributed by atoms with van der Waals surface area (Å²) in [7, 11) is 1.58. The van der Waals surface area contributed by atoms with Crippen LogP contribution < -0.4 is 10.3 Å². The molecular formula is C20H22BrNO5. The quantitative estimate of drug-likeness (QED) is 0.361. The summed E-state index contributed by atoms with van der Waals surface area (Å²) in [5.74, 6) is -0.213. The Morgan fingerprint density at radius 3 is 2.30 bits per heavy atom. The molecule has 0 amide bonds. The number of esters is 1. The standard InChI is InChI=1S/C20H22BrNO5/c1-4-17-15(20(25)27-5-2)10-16(18(23)11-21)19(24)22(17)12-13-6-8-14(26-3)9-7-13/h6-10H,4-5,11-12H2,1-3H3. The zero-order chi connectivity index (χ0) is 20.0. The number of carbonyl (C=O) groups excluding carboxylic acids is 2. The molecule has 0 radical (unpaired) electrons. The molecule has 2 rings (SSSR count). The van der Waals surface area contributed by atoms with E-state index >= 15 is 0 Å². The average Bonchev–Trinajstić information content (AvgIpc) is 2.69. The van der Waals surface area contributed by atoms with Crippen molar-refractivity contribution in [3.63, 3.8) is 0 Å².